The van der Waals surface area contributed by atoms with Crippen LogP contribution in [0.25, 0.3) is 11.3 Å². The van der Waals surface area contributed by atoms with Crippen LogP contribution in [0.2, 0.25) is 0 Å². The Morgan fingerprint density at radius 2 is 1.92 bits per heavy atom. The van der Waals surface area contributed by atoms with Gasteiger partial charge >= 0.3 is 0 Å². The smallest absolute Gasteiger partial charge is 0.270 e. The lowest BCUT2D eigenvalue weighted by atomic mass is 10.1. The number of benzene rings is 1. The van der Waals surface area contributed by atoms with E-state index in [1.54, 1.807) is 24.5 Å². The van der Waals surface area contributed by atoms with Crippen LogP contribution < -0.4 is 5.56 Å². The molecule has 1 aromatic carbocycles. The molecule has 0 amide bonds. The number of nitriles is 1. The van der Waals surface area contributed by atoms with Gasteiger partial charge in [-0.05, 0) is 42.7 Å². The molecule has 0 bridgehead atoms. The summed E-state index contributed by atoms with van der Waals surface area (Å²) in [4.78, 5) is 23.4. The molecule has 25 heavy (non-hydrogen) atoms. The van der Waals surface area contributed by atoms with Gasteiger partial charge < -0.3 is 4.98 Å². The molecule has 0 aliphatic rings. The van der Waals surface area contributed by atoms with Gasteiger partial charge in [-0.1, -0.05) is 30.0 Å². The molecule has 0 aliphatic carbocycles. The largest absolute Gasteiger partial charge is 0.300 e. The summed E-state index contributed by atoms with van der Waals surface area (Å²) in [6.07, 6.45) is 3.22. The Morgan fingerprint density at radius 3 is 2.60 bits per heavy atom. The van der Waals surface area contributed by atoms with Gasteiger partial charge in [-0.15, -0.1) is 0 Å². The first-order valence-corrected chi connectivity index (χ1v) is 8.71. The third-order valence-electron chi connectivity index (χ3n) is 3.91. The number of nitrogens with zero attached hydrogens (tertiary/aromatic N) is 3. The van der Waals surface area contributed by atoms with Crippen LogP contribution in [-0.2, 0) is 5.75 Å². The van der Waals surface area contributed by atoms with Gasteiger partial charge in [0.2, 0.25) is 0 Å². The molecule has 0 spiro atoms. The first-order valence-electron chi connectivity index (χ1n) is 7.72. The SMILES string of the molecule is Cc1ccc(CSc2nc(-c3ccncc3)c(C#N)c(=O)[nH]2)cc1C. The Morgan fingerprint density at radius 1 is 1.16 bits per heavy atom. The van der Waals surface area contributed by atoms with Crippen molar-refractivity contribution in [3.63, 3.8) is 0 Å². The molecule has 124 valence electrons. The van der Waals surface area contributed by atoms with Crippen LogP contribution >= 0.6 is 11.8 Å². The number of rotatable bonds is 4. The van der Waals surface area contributed by atoms with Crippen molar-refractivity contribution < 1.29 is 0 Å². The third-order valence-corrected chi connectivity index (χ3v) is 4.85. The number of aromatic nitrogens is 3. The number of pyridine rings is 1. The van der Waals surface area contributed by atoms with E-state index in [1.165, 1.54) is 22.9 Å². The van der Waals surface area contributed by atoms with Crippen LogP contribution in [0.4, 0.5) is 0 Å². The van der Waals surface area contributed by atoms with Crippen LogP contribution in [-0.4, -0.2) is 15.0 Å². The van der Waals surface area contributed by atoms with E-state index in [9.17, 15) is 10.1 Å². The molecular weight excluding hydrogens is 332 g/mol. The first kappa shape index (κ1) is 16.9. The molecule has 0 radical (unpaired) electrons. The first-order chi connectivity index (χ1) is 12.1. The molecular formula is C19H16N4OS. The molecule has 5 nitrogen and oxygen atoms in total. The quantitative estimate of drug-likeness (QED) is 0.575. The Hall–Kier alpha value is -2.91. The Labute approximate surface area is 149 Å². The predicted octanol–water partition coefficient (Wildman–Crippen LogP) is 3.61. The van der Waals surface area contributed by atoms with Crippen LogP contribution in [0.1, 0.15) is 22.3 Å². The summed E-state index contributed by atoms with van der Waals surface area (Å²) < 4.78 is 0. The van der Waals surface area contributed by atoms with Crippen LogP contribution in [0.3, 0.4) is 0 Å². The van der Waals surface area contributed by atoms with Gasteiger partial charge in [0.15, 0.2) is 5.16 Å². The monoisotopic (exact) mass is 348 g/mol. The van der Waals surface area contributed by atoms with E-state index in [0.717, 1.165) is 5.56 Å². The van der Waals surface area contributed by atoms with Gasteiger partial charge in [0.25, 0.3) is 5.56 Å². The number of hydrogen-bond acceptors (Lipinski definition) is 5. The highest BCUT2D eigenvalue weighted by atomic mass is 32.2. The molecule has 0 fully saturated rings. The summed E-state index contributed by atoms with van der Waals surface area (Å²) in [5, 5.41) is 9.78. The molecule has 1 N–H and O–H groups in total. The van der Waals surface area contributed by atoms with E-state index in [2.05, 4.69) is 47.0 Å². The summed E-state index contributed by atoms with van der Waals surface area (Å²) >= 11 is 1.44. The molecule has 0 saturated carbocycles. The summed E-state index contributed by atoms with van der Waals surface area (Å²) in [7, 11) is 0. The van der Waals surface area contributed by atoms with Crippen molar-refractivity contribution in [3.05, 3.63) is 75.3 Å². The maximum atomic E-state index is 12.2. The molecule has 0 saturated heterocycles. The number of aryl methyl sites for hydroxylation is 2. The van der Waals surface area contributed by atoms with Crippen molar-refractivity contribution in [2.75, 3.05) is 0 Å². The normalized spacial score (nSPS) is 10.4. The zero-order valence-corrected chi connectivity index (χ0v) is 14.7. The molecule has 0 aliphatic heterocycles. The minimum atomic E-state index is -0.424. The minimum Gasteiger partial charge on any atom is -0.300 e. The lowest BCUT2D eigenvalue weighted by Crippen LogP contribution is -2.14. The molecule has 2 heterocycles. The highest BCUT2D eigenvalue weighted by Gasteiger charge is 2.13. The molecule has 3 aromatic rings. The van der Waals surface area contributed by atoms with Gasteiger partial charge in [-0.25, -0.2) is 4.98 Å². The van der Waals surface area contributed by atoms with Crippen LogP contribution in [0.15, 0.2) is 52.7 Å². The average Bonchev–Trinajstić information content (AvgIpc) is 2.63. The van der Waals surface area contributed by atoms with Crippen molar-refractivity contribution in [1.82, 2.24) is 15.0 Å². The molecule has 3 rings (SSSR count). The maximum Gasteiger partial charge on any atom is 0.270 e. The van der Waals surface area contributed by atoms with E-state index in [1.807, 2.05) is 6.07 Å². The van der Waals surface area contributed by atoms with Gasteiger partial charge in [0, 0.05) is 23.7 Å². The van der Waals surface area contributed by atoms with Crippen molar-refractivity contribution in [2.24, 2.45) is 0 Å². The number of hydrogen-bond donors (Lipinski definition) is 1. The zero-order valence-electron chi connectivity index (χ0n) is 13.9. The summed E-state index contributed by atoms with van der Waals surface area (Å²) in [5.41, 5.74) is 4.32. The summed E-state index contributed by atoms with van der Waals surface area (Å²) in [6.45, 7) is 4.15. The van der Waals surface area contributed by atoms with Gasteiger partial charge in [0.1, 0.15) is 11.6 Å². The number of aromatic amines is 1. The van der Waals surface area contributed by atoms with E-state index in [-0.39, 0.29) is 5.56 Å². The summed E-state index contributed by atoms with van der Waals surface area (Å²) in [6, 6.07) is 11.7. The third kappa shape index (κ3) is 3.78. The topological polar surface area (TPSA) is 82.4 Å². The maximum absolute atomic E-state index is 12.2. The minimum absolute atomic E-state index is 0.0155. The lowest BCUT2D eigenvalue weighted by Gasteiger charge is -2.07. The number of nitrogens with one attached hydrogen (secondary N) is 1. The van der Waals surface area contributed by atoms with Crippen molar-refractivity contribution in [3.8, 4) is 17.3 Å². The van der Waals surface area contributed by atoms with Crippen molar-refractivity contribution in [2.45, 2.75) is 24.8 Å². The standard InChI is InChI=1S/C19H16N4OS/c1-12-3-4-14(9-13(12)2)11-25-19-22-17(15-5-7-21-8-6-15)16(10-20)18(24)23-19/h3-9H,11H2,1-2H3,(H,22,23,24). The fourth-order valence-electron chi connectivity index (χ4n) is 2.39. The van der Waals surface area contributed by atoms with E-state index < -0.39 is 5.56 Å². The molecule has 6 heteroatoms. The highest BCUT2D eigenvalue weighted by Crippen LogP contribution is 2.24. The van der Waals surface area contributed by atoms with E-state index >= 15 is 0 Å². The van der Waals surface area contributed by atoms with Crippen molar-refractivity contribution in [1.29, 1.82) is 5.26 Å². The lowest BCUT2D eigenvalue weighted by molar-refractivity contribution is 0.934. The molecule has 2 aromatic heterocycles. The van der Waals surface area contributed by atoms with Crippen LogP contribution in [0.5, 0.6) is 0 Å². The van der Waals surface area contributed by atoms with Crippen molar-refractivity contribution >= 4 is 11.8 Å². The second-order valence-corrected chi connectivity index (χ2v) is 6.61. The Kier molecular flexibility index (Phi) is 4.96. The summed E-state index contributed by atoms with van der Waals surface area (Å²) in [5.74, 6) is 0.686. The second-order valence-electron chi connectivity index (χ2n) is 5.65. The number of H-pyrrole nitrogens is 1. The molecule has 0 unspecified atom stereocenters. The molecule has 0 atom stereocenters. The predicted molar refractivity (Wildman–Crippen MR) is 98.3 cm³/mol. The highest BCUT2D eigenvalue weighted by molar-refractivity contribution is 7.98. The van der Waals surface area contributed by atoms with E-state index in [0.29, 0.717) is 22.2 Å². The van der Waals surface area contributed by atoms with Gasteiger partial charge in [-0.3, -0.25) is 9.78 Å². The van der Waals surface area contributed by atoms with Gasteiger partial charge in [-0.2, -0.15) is 5.26 Å². The second kappa shape index (κ2) is 7.32. The zero-order chi connectivity index (χ0) is 17.8. The van der Waals surface area contributed by atoms with Gasteiger partial charge in [0.05, 0.1) is 5.69 Å². The fourth-order valence-corrected chi connectivity index (χ4v) is 3.19. The fraction of sp³-hybridized carbons (Fsp3) is 0.158. The number of thioether (sulfide) groups is 1. The Balaban J connectivity index is 1.92. The Bertz CT molecular complexity index is 1010. The van der Waals surface area contributed by atoms with E-state index in [4.69, 9.17) is 0 Å². The van der Waals surface area contributed by atoms with Crippen LogP contribution in [0, 0.1) is 25.2 Å². The average molecular weight is 348 g/mol.